The van der Waals surface area contributed by atoms with Crippen molar-refractivity contribution in [3.05, 3.63) is 161 Å². The maximum absolute atomic E-state index is 6.69. The number of hydrogen-bond donors (Lipinski definition) is 0. The molecule has 8 aromatic rings. The Hall–Kier alpha value is -5.60. The molecular formula is C47H37NO. The second-order valence-corrected chi connectivity index (χ2v) is 15.0. The lowest BCUT2D eigenvalue weighted by atomic mass is 9.79. The molecule has 1 aromatic heterocycles. The predicted octanol–water partition coefficient (Wildman–Crippen LogP) is 13.1. The Labute approximate surface area is 287 Å². The third-order valence-electron chi connectivity index (χ3n) is 11.5. The molecule has 0 spiro atoms. The molecule has 0 saturated carbocycles. The maximum atomic E-state index is 6.69. The molecule has 10 rings (SSSR count). The zero-order chi connectivity index (χ0) is 33.2. The van der Waals surface area contributed by atoms with Gasteiger partial charge in [-0.05, 0) is 105 Å². The highest BCUT2D eigenvalue weighted by Gasteiger charge is 2.42. The van der Waals surface area contributed by atoms with Crippen molar-refractivity contribution in [2.24, 2.45) is 0 Å². The highest BCUT2D eigenvalue weighted by molar-refractivity contribution is 6.14. The number of furan rings is 1. The van der Waals surface area contributed by atoms with E-state index in [1.807, 2.05) is 6.07 Å². The van der Waals surface area contributed by atoms with Crippen LogP contribution >= 0.6 is 0 Å². The van der Waals surface area contributed by atoms with Crippen molar-refractivity contribution in [2.45, 2.75) is 45.4 Å². The first-order valence-corrected chi connectivity index (χ1v) is 17.4. The van der Waals surface area contributed by atoms with Crippen molar-refractivity contribution in [1.29, 1.82) is 0 Å². The summed E-state index contributed by atoms with van der Waals surface area (Å²) in [7, 11) is 0. The third kappa shape index (κ3) is 3.77. The molecule has 1 heterocycles. The second kappa shape index (κ2) is 9.74. The fourth-order valence-electron chi connectivity index (χ4n) is 9.02. The minimum absolute atomic E-state index is 0.0587. The van der Waals surface area contributed by atoms with E-state index in [-0.39, 0.29) is 10.8 Å². The monoisotopic (exact) mass is 631 g/mol. The van der Waals surface area contributed by atoms with Gasteiger partial charge in [-0.1, -0.05) is 119 Å². The van der Waals surface area contributed by atoms with Gasteiger partial charge in [-0.3, -0.25) is 0 Å². The van der Waals surface area contributed by atoms with Crippen LogP contribution in [0.2, 0.25) is 0 Å². The Bertz CT molecular complexity index is 2690. The Kier molecular flexibility index (Phi) is 5.65. The van der Waals surface area contributed by atoms with Crippen LogP contribution in [0, 0.1) is 6.92 Å². The molecule has 0 N–H and O–H groups in total. The Morgan fingerprint density at radius 2 is 1.12 bits per heavy atom. The SMILES string of the molecule is Cc1cccc(N(c2cc3c(c4ccccc24)-c2cc4c(cc2C3(C)C)-c2ccccc2C4(C)C)c2cccc3c2oc2ccccc23)c1. The zero-order valence-electron chi connectivity index (χ0n) is 28.6. The van der Waals surface area contributed by atoms with Crippen molar-refractivity contribution >= 4 is 49.8 Å². The highest BCUT2D eigenvalue weighted by atomic mass is 16.3. The molecular weight excluding hydrogens is 595 g/mol. The molecule has 2 heteroatoms. The van der Waals surface area contributed by atoms with Crippen molar-refractivity contribution < 1.29 is 4.42 Å². The van der Waals surface area contributed by atoms with Gasteiger partial charge in [0.2, 0.25) is 0 Å². The van der Waals surface area contributed by atoms with Gasteiger partial charge in [-0.2, -0.15) is 0 Å². The molecule has 2 nitrogen and oxygen atoms in total. The van der Waals surface area contributed by atoms with Gasteiger partial charge >= 0.3 is 0 Å². The van der Waals surface area contributed by atoms with E-state index in [4.69, 9.17) is 4.42 Å². The van der Waals surface area contributed by atoms with Crippen molar-refractivity contribution in [3.8, 4) is 22.3 Å². The summed E-state index contributed by atoms with van der Waals surface area (Å²) in [6, 6.07) is 49.2. The maximum Gasteiger partial charge on any atom is 0.159 e. The fraction of sp³-hybridized carbons (Fsp3) is 0.149. The van der Waals surface area contributed by atoms with Gasteiger partial charge < -0.3 is 9.32 Å². The number of anilines is 3. The van der Waals surface area contributed by atoms with Crippen LogP contribution in [0.15, 0.2) is 138 Å². The largest absolute Gasteiger partial charge is 0.454 e. The van der Waals surface area contributed by atoms with E-state index >= 15 is 0 Å². The van der Waals surface area contributed by atoms with Crippen molar-refractivity contribution in [1.82, 2.24) is 0 Å². The minimum Gasteiger partial charge on any atom is -0.454 e. The average molecular weight is 632 g/mol. The molecule has 2 aliphatic rings. The number of hydrogen-bond acceptors (Lipinski definition) is 2. The van der Waals surface area contributed by atoms with Crippen LogP contribution in [-0.2, 0) is 10.8 Å². The second-order valence-electron chi connectivity index (χ2n) is 15.0. The molecule has 0 bridgehead atoms. The van der Waals surface area contributed by atoms with Gasteiger partial charge in [0, 0.05) is 32.7 Å². The molecule has 236 valence electrons. The topological polar surface area (TPSA) is 16.4 Å². The molecule has 0 saturated heterocycles. The van der Waals surface area contributed by atoms with E-state index in [1.54, 1.807) is 0 Å². The Morgan fingerprint density at radius 3 is 1.96 bits per heavy atom. The molecule has 2 aliphatic carbocycles. The van der Waals surface area contributed by atoms with Crippen LogP contribution < -0.4 is 4.90 Å². The summed E-state index contributed by atoms with van der Waals surface area (Å²) in [6.45, 7) is 11.7. The van der Waals surface area contributed by atoms with E-state index in [1.165, 1.54) is 60.8 Å². The fourth-order valence-corrected chi connectivity index (χ4v) is 9.02. The Balaban J connectivity index is 1.28. The van der Waals surface area contributed by atoms with E-state index in [0.29, 0.717) is 0 Å². The van der Waals surface area contributed by atoms with Gasteiger partial charge in [0.05, 0.1) is 11.4 Å². The van der Waals surface area contributed by atoms with Crippen LogP contribution in [-0.4, -0.2) is 0 Å². The first-order chi connectivity index (χ1) is 23.7. The standard InChI is InChI=1S/C47H37NO/c1-28-14-12-15-29(24-28)48(41-22-13-20-34-32-18-9-11-23-43(32)49-45(34)41)42-27-40-44(33-19-7-6-17-31(33)42)36-26-38-35(25-39(36)47(40,4)5)30-16-8-10-21-37(30)46(38,2)3/h6-27H,1-5H3. The molecule has 0 radical (unpaired) electrons. The zero-order valence-corrected chi connectivity index (χ0v) is 28.6. The lowest BCUT2D eigenvalue weighted by Crippen LogP contribution is -2.18. The molecule has 0 atom stereocenters. The van der Waals surface area contributed by atoms with E-state index in [2.05, 4.69) is 167 Å². The van der Waals surface area contributed by atoms with Gasteiger partial charge in [-0.15, -0.1) is 0 Å². The normalized spacial score (nSPS) is 15.0. The van der Waals surface area contributed by atoms with Gasteiger partial charge in [0.15, 0.2) is 5.58 Å². The van der Waals surface area contributed by atoms with E-state index in [0.717, 1.165) is 39.0 Å². The van der Waals surface area contributed by atoms with Crippen LogP contribution in [0.25, 0.3) is 55.0 Å². The first-order valence-electron chi connectivity index (χ1n) is 17.4. The summed E-state index contributed by atoms with van der Waals surface area (Å²) >= 11 is 0. The summed E-state index contributed by atoms with van der Waals surface area (Å²) in [4.78, 5) is 2.43. The number of aryl methyl sites for hydroxylation is 1. The van der Waals surface area contributed by atoms with Crippen LogP contribution in [0.3, 0.4) is 0 Å². The molecule has 0 aliphatic heterocycles. The number of para-hydroxylation sites is 2. The summed E-state index contributed by atoms with van der Waals surface area (Å²) in [5.41, 5.74) is 17.1. The number of benzene rings is 7. The molecule has 0 unspecified atom stereocenters. The summed E-state index contributed by atoms with van der Waals surface area (Å²) in [5, 5.41) is 4.77. The lowest BCUT2D eigenvalue weighted by Gasteiger charge is -2.30. The van der Waals surface area contributed by atoms with Gasteiger partial charge in [0.1, 0.15) is 5.58 Å². The molecule has 7 aromatic carbocycles. The van der Waals surface area contributed by atoms with Gasteiger partial charge in [0.25, 0.3) is 0 Å². The van der Waals surface area contributed by atoms with Crippen LogP contribution in [0.1, 0.15) is 55.5 Å². The molecule has 49 heavy (non-hydrogen) atoms. The minimum atomic E-state index is -0.205. The summed E-state index contributed by atoms with van der Waals surface area (Å²) in [6.07, 6.45) is 0. The van der Waals surface area contributed by atoms with Crippen molar-refractivity contribution in [2.75, 3.05) is 4.90 Å². The number of fused-ring (bicyclic) bond motifs is 11. The smallest absolute Gasteiger partial charge is 0.159 e. The third-order valence-corrected chi connectivity index (χ3v) is 11.5. The first kappa shape index (κ1) is 28.4. The average Bonchev–Trinajstić information content (AvgIpc) is 3.68. The predicted molar refractivity (Wildman–Crippen MR) is 206 cm³/mol. The van der Waals surface area contributed by atoms with Gasteiger partial charge in [-0.25, -0.2) is 0 Å². The quantitative estimate of drug-likeness (QED) is 0.193. The molecule has 0 amide bonds. The van der Waals surface area contributed by atoms with Crippen LogP contribution in [0.4, 0.5) is 17.1 Å². The van der Waals surface area contributed by atoms with Crippen LogP contribution in [0.5, 0.6) is 0 Å². The molecule has 0 fully saturated rings. The van der Waals surface area contributed by atoms with E-state index < -0.39 is 0 Å². The number of nitrogens with zero attached hydrogens (tertiary/aromatic N) is 1. The number of rotatable bonds is 3. The summed E-state index contributed by atoms with van der Waals surface area (Å²) in [5.74, 6) is 0. The van der Waals surface area contributed by atoms with E-state index in [9.17, 15) is 0 Å². The highest BCUT2D eigenvalue weighted by Crippen LogP contribution is 2.59. The lowest BCUT2D eigenvalue weighted by molar-refractivity contribution is 0.652. The summed E-state index contributed by atoms with van der Waals surface area (Å²) < 4.78 is 6.69. The Morgan fingerprint density at radius 1 is 0.469 bits per heavy atom. The van der Waals surface area contributed by atoms with Crippen molar-refractivity contribution in [3.63, 3.8) is 0 Å².